The number of hydrogen-bond acceptors (Lipinski definition) is 4. The van der Waals surface area contributed by atoms with E-state index in [1.807, 2.05) is 0 Å². The maximum absolute atomic E-state index is 5.86. The van der Waals surface area contributed by atoms with Gasteiger partial charge in [0.15, 0.2) is 0 Å². The maximum Gasteiger partial charge on any atom is 0.132 e. The summed E-state index contributed by atoms with van der Waals surface area (Å²) in [5.41, 5.74) is 8.99. The monoisotopic (exact) mass is 940 g/mol. The largest absolute Gasteiger partial charge is 0.496 e. The minimum absolute atomic E-state index is 0.584. The Bertz CT molecular complexity index is 1390. The molecule has 2 aliphatic carbocycles. The zero-order valence-electron chi connectivity index (χ0n) is 20.3. The van der Waals surface area contributed by atoms with Crippen molar-refractivity contribution in [3.63, 3.8) is 0 Å². The fourth-order valence-corrected chi connectivity index (χ4v) is 8.59. The second-order valence-corrected chi connectivity index (χ2v) is 13.5. The fraction of sp³-hybridized carbons (Fsp3) is 0.172. The second-order valence-electron chi connectivity index (χ2n) is 8.88. The van der Waals surface area contributed by atoms with E-state index in [0.717, 1.165) is 37.3 Å². The molecular formula is C29H20I4O4. The lowest BCUT2D eigenvalue weighted by Gasteiger charge is -2.31. The summed E-state index contributed by atoms with van der Waals surface area (Å²) in [6, 6.07) is 17.8. The molecular weight excluding hydrogens is 920 g/mol. The van der Waals surface area contributed by atoms with Crippen molar-refractivity contribution >= 4 is 90.4 Å². The smallest absolute Gasteiger partial charge is 0.132 e. The Morgan fingerprint density at radius 2 is 0.622 bits per heavy atom. The average molecular weight is 940 g/mol. The third-order valence-corrected chi connectivity index (χ3v) is 10.7. The normalized spacial score (nSPS) is 13.6. The Balaban J connectivity index is 1.87. The second kappa shape index (κ2) is 9.58. The van der Waals surface area contributed by atoms with Crippen molar-refractivity contribution < 1.29 is 18.9 Å². The molecule has 0 saturated carbocycles. The van der Waals surface area contributed by atoms with Crippen LogP contribution in [0.1, 0.15) is 22.3 Å². The molecule has 0 fully saturated rings. The van der Waals surface area contributed by atoms with Crippen LogP contribution in [-0.2, 0) is 5.41 Å². The van der Waals surface area contributed by atoms with Crippen LogP contribution in [0.4, 0.5) is 0 Å². The van der Waals surface area contributed by atoms with Gasteiger partial charge in [-0.2, -0.15) is 0 Å². The van der Waals surface area contributed by atoms with Crippen molar-refractivity contribution in [2.45, 2.75) is 5.41 Å². The van der Waals surface area contributed by atoms with Crippen LogP contribution in [0, 0.1) is 14.3 Å². The number of ether oxygens (including phenoxy) is 4. The topological polar surface area (TPSA) is 36.9 Å². The summed E-state index contributed by atoms with van der Waals surface area (Å²) < 4.78 is 27.7. The predicted octanol–water partition coefficient (Wildman–Crippen LogP) is 8.48. The summed E-state index contributed by atoms with van der Waals surface area (Å²) in [6.45, 7) is 0. The Hall–Kier alpha value is -1.00. The van der Waals surface area contributed by atoms with E-state index in [9.17, 15) is 0 Å². The van der Waals surface area contributed by atoms with E-state index in [2.05, 4.69) is 139 Å². The van der Waals surface area contributed by atoms with Gasteiger partial charge in [-0.05, 0) is 183 Å². The van der Waals surface area contributed by atoms with E-state index >= 15 is 0 Å². The predicted molar refractivity (Wildman–Crippen MR) is 180 cm³/mol. The van der Waals surface area contributed by atoms with Gasteiger partial charge in [-0.25, -0.2) is 0 Å². The van der Waals surface area contributed by atoms with E-state index in [1.54, 1.807) is 28.4 Å². The Labute approximate surface area is 270 Å². The molecule has 0 unspecified atom stereocenters. The number of rotatable bonds is 4. The van der Waals surface area contributed by atoms with Crippen molar-refractivity contribution in [3.05, 3.63) is 85.1 Å². The highest BCUT2D eigenvalue weighted by atomic mass is 127. The van der Waals surface area contributed by atoms with Crippen LogP contribution in [0.2, 0.25) is 0 Å². The van der Waals surface area contributed by atoms with E-state index < -0.39 is 5.41 Å². The first-order valence-electron chi connectivity index (χ1n) is 11.3. The highest BCUT2D eigenvalue weighted by molar-refractivity contribution is 14.1. The molecule has 4 aromatic rings. The minimum atomic E-state index is -0.584. The quantitative estimate of drug-likeness (QED) is 0.167. The van der Waals surface area contributed by atoms with Gasteiger partial charge in [0.05, 0.1) is 48.1 Å². The molecule has 0 heterocycles. The number of fused-ring (bicyclic) bond motifs is 10. The van der Waals surface area contributed by atoms with E-state index in [0.29, 0.717) is 0 Å². The molecule has 2 aliphatic rings. The lowest BCUT2D eigenvalue weighted by Crippen LogP contribution is -2.26. The van der Waals surface area contributed by atoms with Crippen LogP contribution < -0.4 is 18.9 Å². The van der Waals surface area contributed by atoms with Crippen molar-refractivity contribution in [1.82, 2.24) is 0 Å². The summed E-state index contributed by atoms with van der Waals surface area (Å²) in [6.07, 6.45) is 0. The number of benzene rings is 4. The van der Waals surface area contributed by atoms with Crippen LogP contribution in [0.5, 0.6) is 23.0 Å². The number of hydrogen-bond donors (Lipinski definition) is 0. The molecule has 6 rings (SSSR count). The Kier molecular flexibility index (Phi) is 6.79. The maximum atomic E-state index is 5.86. The number of methoxy groups -OCH3 is 4. The van der Waals surface area contributed by atoms with Gasteiger partial charge in [-0.1, -0.05) is 0 Å². The molecule has 0 bridgehead atoms. The van der Waals surface area contributed by atoms with Crippen molar-refractivity contribution in [2.24, 2.45) is 0 Å². The molecule has 1 spiro atoms. The Morgan fingerprint density at radius 1 is 0.405 bits per heavy atom. The summed E-state index contributed by atoms with van der Waals surface area (Å²) >= 11 is 9.46. The summed E-state index contributed by atoms with van der Waals surface area (Å²) in [5.74, 6) is 3.44. The molecule has 0 atom stereocenters. The third-order valence-electron chi connectivity index (χ3n) is 7.36. The fourth-order valence-electron chi connectivity index (χ4n) is 5.84. The molecule has 0 N–H and O–H groups in total. The van der Waals surface area contributed by atoms with Gasteiger partial charge < -0.3 is 18.9 Å². The molecule has 37 heavy (non-hydrogen) atoms. The van der Waals surface area contributed by atoms with E-state index in [1.165, 1.54) is 44.5 Å². The lowest BCUT2D eigenvalue weighted by atomic mass is 9.70. The van der Waals surface area contributed by atoms with Gasteiger partial charge in [-0.15, -0.1) is 0 Å². The van der Waals surface area contributed by atoms with Gasteiger partial charge in [-0.3, -0.25) is 0 Å². The zero-order chi connectivity index (χ0) is 26.2. The molecule has 4 nitrogen and oxygen atoms in total. The SMILES string of the molecule is COc1cc2c(cc1I)-c1cc(I)c(OC)cc1C21c2cc(OC)c(I)cc2-c2cc(I)c(OC)cc21. The van der Waals surface area contributed by atoms with Crippen molar-refractivity contribution in [1.29, 1.82) is 0 Å². The minimum Gasteiger partial charge on any atom is -0.496 e. The highest BCUT2D eigenvalue weighted by Crippen LogP contribution is 2.65. The Morgan fingerprint density at radius 3 is 0.811 bits per heavy atom. The van der Waals surface area contributed by atoms with Gasteiger partial charge in [0.2, 0.25) is 0 Å². The van der Waals surface area contributed by atoms with Crippen LogP contribution in [-0.4, -0.2) is 28.4 Å². The van der Waals surface area contributed by atoms with Gasteiger partial charge in [0, 0.05) is 0 Å². The first-order valence-corrected chi connectivity index (χ1v) is 15.6. The first-order chi connectivity index (χ1) is 17.8. The molecule has 0 aliphatic heterocycles. The molecule has 0 saturated heterocycles. The van der Waals surface area contributed by atoms with Gasteiger partial charge >= 0.3 is 0 Å². The third kappa shape index (κ3) is 3.59. The van der Waals surface area contributed by atoms with E-state index in [-0.39, 0.29) is 0 Å². The molecule has 0 amide bonds. The summed E-state index contributed by atoms with van der Waals surface area (Å²) in [7, 11) is 6.94. The lowest BCUT2D eigenvalue weighted by molar-refractivity contribution is 0.408. The van der Waals surface area contributed by atoms with Crippen molar-refractivity contribution in [3.8, 4) is 45.3 Å². The number of halogens is 4. The van der Waals surface area contributed by atoms with Gasteiger partial charge in [0.1, 0.15) is 23.0 Å². The van der Waals surface area contributed by atoms with Crippen molar-refractivity contribution in [2.75, 3.05) is 28.4 Å². The summed E-state index contributed by atoms with van der Waals surface area (Å²) in [4.78, 5) is 0. The van der Waals surface area contributed by atoms with Crippen LogP contribution in [0.3, 0.4) is 0 Å². The molecule has 4 aromatic carbocycles. The molecule has 188 valence electrons. The van der Waals surface area contributed by atoms with Gasteiger partial charge in [0.25, 0.3) is 0 Å². The zero-order valence-corrected chi connectivity index (χ0v) is 28.9. The van der Waals surface area contributed by atoms with Crippen LogP contribution >= 0.6 is 90.4 Å². The summed E-state index contributed by atoms with van der Waals surface area (Å²) in [5, 5.41) is 0. The average Bonchev–Trinajstić information content (AvgIpc) is 3.30. The molecule has 0 aromatic heterocycles. The highest BCUT2D eigenvalue weighted by Gasteiger charge is 2.53. The standard InChI is InChI=1S/C29H20I4O4/c1-34-25-9-17-13(5-21(25)30)14-6-22(31)26(35-2)10-18(14)29(17)19-11-27(36-3)23(32)7-15(19)16-8-24(33)28(37-4)12-20(16)29/h5-12H,1-4H3. The first kappa shape index (κ1) is 26.2. The van der Waals surface area contributed by atoms with E-state index in [4.69, 9.17) is 18.9 Å². The molecule has 8 heteroatoms. The van der Waals surface area contributed by atoms with Crippen LogP contribution in [0.15, 0.2) is 48.5 Å². The van der Waals surface area contributed by atoms with Crippen LogP contribution in [0.25, 0.3) is 22.3 Å². The molecule has 0 radical (unpaired) electrons.